The van der Waals surface area contributed by atoms with Crippen molar-refractivity contribution in [3.05, 3.63) is 29.8 Å². The highest BCUT2D eigenvalue weighted by Crippen LogP contribution is 2.36. The van der Waals surface area contributed by atoms with Gasteiger partial charge in [-0.2, -0.15) is 0 Å². The van der Waals surface area contributed by atoms with Gasteiger partial charge in [0.1, 0.15) is 0 Å². The Morgan fingerprint density at radius 2 is 1.89 bits per heavy atom. The van der Waals surface area contributed by atoms with Gasteiger partial charge in [0.25, 0.3) is 0 Å². The molecule has 2 fully saturated rings. The van der Waals surface area contributed by atoms with Gasteiger partial charge in [0.15, 0.2) is 0 Å². The number of piperazine rings is 1. The van der Waals surface area contributed by atoms with Gasteiger partial charge in [0.05, 0.1) is 0 Å². The first kappa shape index (κ1) is 13.0. The molecule has 0 amide bonds. The van der Waals surface area contributed by atoms with Gasteiger partial charge in [0.2, 0.25) is 0 Å². The molecule has 1 atom stereocenters. The highest BCUT2D eigenvalue weighted by atomic mass is 15.2. The van der Waals surface area contributed by atoms with Crippen molar-refractivity contribution in [2.24, 2.45) is 5.92 Å². The molecule has 1 aromatic carbocycles. The lowest BCUT2D eigenvalue weighted by Crippen LogP contribution is -2.52. The Hall–Kier alpha value is -1.02. The van der Waals surface area contributed by atoms with Crippen LogP contribution in [-0.2, 0) is 5.41 Å². The standard InChI is InChI=1S/C17H26N2/c1-17(2,3)14-6-4-5-7-16(14)19-11-10-18-15(12-19)13-8-9-13/h4-7,13,15,18H,8-12H2,1-3H3. The Morgan fingerprint density at radius 3 is 2.58 bits per heavy atom. The Bertz CT molecular complexity index is 443. The molecule has 104 valence electrons. The van der Waals surface area contributed by atoms with E-state index in [1.165, 1.54) is 30.6 Å². The minimum Gasteiger partial charge on any atom is -0.368 e. The lowest BCUT2D eigenvalue weighted by molar-refractivity contribution is 0.417. The van der Waals surface area contributed by atoms with E-state index in [0.717, 1.165) is 19.0 Å². The second kappa shape index (κ2) is 4.82. The molecule has 1 unspecified atom stereocenters. The average molecular weight is 258 g/mol. The van der Waals surface area contributed by atoms with Crippen molar-refractivity contribution in [2.45, 2.75) is 45.1 Å². The van der Waals surface area contributed by atoms with Crippen molar-refractivity contribution >= 4 is 5.69 Å². The summed E-state index contributed by atoms with van der Waals surface area (Å²) < 4.78 is 0. The second-order valence-electron chi connectivity index (χ2n) is 7.11. The molecule has 0 spiro atoms. The Kier molecular flexibility index (Phi) is 3.30. The third-order valence-corrected chi connectivity index (χ3v) is 4.45. The topological polar surface area (TPSA) is 15.3 Å². The number of benzene rings is 1. The van der Waals surface area contributed by atoms with Crippen LogP contribution in [0, 0.1) is 5.92 Å². The number of rotatable bonds is 2. The molecule has 2 heteroatoms. The molecule has 2 nitrogen and oxygen atoms in total. The molecule has 1 heterocycles. The molecule has 0 bridgehead atoms. The number of anilines is 1. The van der Waals surface area contributed by atoms with E-state index in [1.54, 1.807) is 0 Å². The molecule has 0 aromatic heterocycles. The van der Waals surface area contributed by atoms with Crippen LogP contribution < -0.4 is 10.2 Å². The molecule has 1 saturated carbocycles. The number of hydrogen-bond donors (Lipinski definition) is 1. The predicted octanol–water partition coefficient (Wildman–Crippen LogP) is 3.17. The van der Waals surface area contributed by atoms with Crippen molar-refractivity contribution in [2.75, 3.05) is 24.5 Å². The van der Waals surface area contributed by atoms with Crippen LogP contribution >= 0.6 is 0 Å². The molecule has 19 heavy (non-hydrogen) atoms. The average Bonchev–Trinajstić information content (AvgIpc) is 3.22. The molecule has 1 aliphatic carbocycles. The zero-order valence-electron chi connectivity index (χ0n) is 12.4. The van der Waals surface area contributed by atoms with Crippen LogP contribution in [-0.4, -0.2) is 25.7 Å². The van der Waals surface area contributed by atoms with Gasteiger partial charge in [-0.3, -0.25) is 0 Å². The summed E-state index contributed by atoms with van der Waals surface area (Å²) in [7, 11) is 0. The Labute approximate surface area is 117 Å². The monoisotopic (exact) mass is 258 g/mol. The summed E-state index contributed by atoms with van der Waals surface area (Å²) in [6, 6.07) is 9.66. The fourth-order valence-corrected chi connectivity index (χ4v) is 3.19. The summed E-state index contributed by atoms with van der Waals surface area (Å²) in [5.41, 5.74) is 3.14. The van der Waals surface area contributed by atoms with E-state index in [2.05, 4.69) is 55.3 Å². The van der Waals surface area contributed by atoms with Crippen LogP contribution in [0.1, 0.15) is 39.2 Å². The van der Waals surface area contributed by atoms with Crippen molar-refractivity contribution in [3.8, 4) is 0 Å². The Morgan fingerprint density at radius 1 is 1.16 bits per heavy atom. The third-order valence-electron chi connectivity index (χ3n) is 4.45. The lowest BCUT2D eigenvalue weighted by atomic mass is 9.85. The number of hydrogen-bond acceptors (Lipinski definition) is 2. The lowest BCUT2D eigenvalue weighted by Gasteiger charge is -2.38. The maximum atomic E-state index is 3.70. The van der Waals surface area contributed by atoms with Gasteiger partial charge in [-0.1, -0.05) is 39.0 Å². The SMILES string of the molecule is CC(C)(C)c1ccccc1N1CCNC(C2CC2)C1. The summed E-state index contributed by atoms with van der Waals surface area (Å²) >= 11 is 0. The second-order valence-corrected chi connectivity index (χ2v) is 7.11. The third kappa shape index (κ3) is 2.79. The smallest absolute Gasteiger partial charge is 0.0405 e. The number of para-hydroxylation sites is 1. The van der Waals surface area contributed by atoms with Crippen molar-refractivity contribution in [1.82, 2.24) is 5.32 Å². The number of nitrogens with one attached hydrogen (secondary N) is 1. The molecular weight excluding hydrogens is 232 g/mol. The molecule has 1 aromatic rings. The molecule has 1 saturated heterocycles. The van der Waals surface area contributed by atoms with Gasteiger partial charge in [-0.05, 0) is 35.8 Å². The van der Waals surface area contributed by atoms with E-state index < -0.39 is 0 Å². The summed E-state index contributed by atoms with van der Waals surface area (Å²) in [6.07, 6.45) is 2.85. The quantitative estimate of drug-likeness (QED) is 0.876. The fourth-order valence-electron chi connectivity index (χ4n) is 3.19. The highest BCUT2D eigenvalue weighted by Gasteiger charge is 2.34. The van der Waals surface area contributed by atoms with E-state index >= 15 is 0 Å². The summed E-state index contributed by atoms with van der Waals surface area (Å²) in [6.45, 7) is 10.4. The first-order chi connectivity index (χ1) is 9.05. The maximum Gasteiger partial charge on any atom is 0.0405 e. The van der Waals surface area contributed by atoms with E-state index in [-0.39, 0.29) is 5.41 Å². The molecule has 1 aliphatic heterocycles. The molecule has 1 N–H and O–H groups in total. The maximum absolute atomic E-state index is 3.70. The predicted molar refractivity (Wildman–Crippen MR) is 81.9 cm³/mol. The van der Waals surface area contributed by atoms with E-state index in [9.17, 15) is 0 Å². The zero-order chi connectivity index (χ0) is 13.5. The van der Waals surface area contributed by atoms with Crippen LogP contribution in [0.5, 0.6) is 0 Å². The van der Waals surface area contributed by atoms with E-state index in [4.69, 9.17) is 0 Å². The zero-order valence-corrected chi connectivity index (χ0v) is 12.4. The van der Waals surface area contributed by atoms with Crippen LogP contribution in [0.4, 0.5) is 5.69 Å². The van der Waals surface area contributed by atoms with Gasteiger partial charge in [0, 0.05) is 31.4 Å². The first-order valence-corrected chi connectivity index (χ1v) is 7.63. The minimum absolute atomic E-state index is 0.219. The van der Waals surface area contributed by atoms with Crippen molar-refractivity contribution < 1.29 is 0 Å². The van der Waals surface area contributed by atoms with E-state index in [1.807, 2.05) is 0 Å². The van der Waals surface area contributed by atoms with Crippen LogP contribution in [0.25, 0.3) is 0 Å². The largest absolute Gasteiger partial charge is 0.368 e. The van der Waals surface area contributed by atoms with E-state index in [0.29, 0.717) is 6.04 Å². The minimum atomic E-state index is 0.219. The van der Waals surface area contributed by atoms with Crippen LogP contribution in [0.3, 0.4) is 0 Å². The van der Waals surface area contributed by atoms with Crippen molar-refractivity contribution in [3.63, 3.8) is 0 Å². The molecular formula is C17H26N2. The molecule has 0 radical (unpaired) electrons. The van der Waals surface area contributed by atoms with Gasteiger partial charge in [-0.15, -0.1) is 0 Å². The number of nitrogens with zero attached hydrogens (tertiary/aromatic N) is 1. The van der Waals surface area contributed by atoms with Gasteiger partial charge < -0.3 is 10.2 Å². The van der Waals surface area contributed by atoms with Crippen molar-refractivity contribution in [1.29, 1.82) is 0 Å². The Balaban J connectivity index is 1.84. The van der Waals surface area contributed by atoms with Crippen LogP contribution in [0.2, 0.25) is 0 Å². The molecule has 2 aliphatic rings. The summed E-state index contributed by atoms with van der Waals surface area (Å²) in [5.74, 6) is 0.935. The summed E-state index contributed by atoms with van der Waals surface area (Å²) in [4.78, 5) is 2.60. The van der Waals surface area contributed by atoms with Gasteiger partial charge in [-0.25, -0.2) is 0 Å². The molecule has 3 rings (SSSR count). The van der Waals surface area contributed by atoms with Crippen LogP contribution in [0.15, 0.2) is 24.3 Å². The first-order valence-electron chi connectivity index (χ1n) is 7.63. The highest BCUT2D eigenvalue weighted by molar-refractivity contribution is 5.57. The summed E-state index contributed by atoms with van der Waals surface area (Å²) in [5, 5.41) is 3.70. The fraction of sp³-hybridized carbons (Fsp3) is 0.647. The normalized spacial score (nSPS) is 24.6. The van der Waals surface area contributed by atoms with Gasteiger partial charge >= 0.3 is 0 Å².